The number of nitrogens with one attached hydrogen (secondary N) is 1. The predicted octanol–water partition coefficient (Wildman–Crippen LogP) is 12.0. The molecule has 0 radical (unpaired) electrons. The average Bonchev–Trinajstić information content (AvgIpc) is 3.95. The molecule has 1 N–H and O–H groups in total. The summed E-state index contributed by atoms with van der Waals surface area (Å²) in [4.78, 5) is 14.1. The van der Waals surface area contributed by atoms with Gasteiger partial charge in [-0.05, 0) is 115 Å². The Kier molecular flexibility index (Phi) is 7.44. The van der Waals surface area contributed by atoms with E-state index < -0.39 is 0 Å². The second-order valence-corrected chi connectivity index (χ2v) is 13.3. The zero-order valence-corrected chi connectivity index (χ0v) is 28.9. The van der Waals surface area contributed by atoms with Crippen LogP contribution in [0.3, 0.4) is 0 Å². The van der Waals surface area contributed by atoms with Gasteiger partial charge in [-0.25, -0.2) is 9.97 Å². The third kappa shape index (κ3) is 5.42. The third-order valence-electron chi connectivity index (χ3n) is 9.92. The van der Waals surface area contributed by atoms with Gasteiger partial charge in [0, 0.05) is 33.4 Å². The minimum Gasteiger partial charge on any atom is -0.355 e. The summed E-state index contributed by atoms with van der Waals surface area (Å²) in [5.74, 6) is 0. The van der Waals surface area contributed by atoms with Gasteiger partial charge >= 0.3 is 0 Å². The summed E-state index contributed by atoms with van der Waals surface area (Å²) in [7, 11) is 0. The maximum Gasteiger partial charge on any atom is 0.0737 e. The summed E-state index contributed by atoms with van der Waals surface area (Å²) < 4.78 is 2.47. The normalized spacial score (nSPS) is 12.1. The molecule has 2 aliphatic heterocycles. The van der Waals surface area contributed by atoms with E-state index >= 15 is 0 Å². The molecule has 8 bridgehead atoms. The summed E-state index contributed by atoms with van der Waals surface area (Å²) in [6, 6.07) is 47.6. The maximum atomic E-state index is 5.38. The lowest BCUT2D eigenvalue weighted by Gasteiger charge is -2.16. The van der Waals surface area contributed by atoms with E-state index in [1.807, 2.05) is 0 Å². The van der Waals surface area contributed by atoms with E-state index in [1.165, 1.54) is 22.3 Å². The van der Waals surface area contributed by atoms with Crippen molar-refractivity contribution in [3.05, 3.63) is 173 Å². The zero-order chi connectivity index (χ0) is 34.5. The Hall–Kier alpha value is -6.52. The van der Waals surface area contributed by atoms with Crippen molar-refractivity contribution in [3.8, 4) is 39.1 Å². The number of aryl methyl sites for hydroxylation is 3. The van der Waals surface area contributed by atoms with Gasteiger partial charge in [-0.1, -0.05) is 97.1 Å². The summed E-state index contributed by atoms with van der Waals surface area (Å²) in [5.41, 5.74) is 19.3. The molecule has 4 nitrogen and oxygen atoms in total. The van der Waals surface area contributed by atoms with Gasteiger partial charge in [0.1, 0.15) is 0 Å². The number of aromatic amines is 1. The molecule has 3 aromatic heterocycles. The molecule has 0 unspecified atom stereocenters. The lowest BCUT2D eigenvalue weighted by molar-refractivity contribution is 1.14. The summed E-state index contributed by atoms with van der Waals surface area (Å²) in [6.45, 7) is 6.61. The third-order valence-corrected chi connectivity index (χ3v) is 9.92. The highest BCUT2D eigenvalue weighted by Crippen LogP contribution is 2.48. The quantitative estimate of drug-likeness (QED) is 0.205. The fourth-order valence-corrected chi connectivity index (χ4v) is 7.49. The number of para-hydroxylation sites is 1. The van der Waals surface area contributed by atoms with Gasteiger partial charge in [0.05, 0.1) is 33.8 Å². The van der Waals surface area contributed by atoms with Crippen molar-refractivity contribution in [1.29, 1.82) is 0 Å². The molecule has 5 heterocycles. The molecule has 0 aliphatic carbocycles. The first-order valence-electron chi connectivity index (χ1n) is 17.4. The number of aromatic nitrogens is 4. The number of benzene rings is 4. The molecule has 0 amide bonds. The molecule has 0 saturated carbocycles. The molecule has 4 heteroatoms. The summed E-state index contributed by atoms with van der Waals surface area (Å²) in [5, 5.41) is 0. The molecule has 2 aliphatic rings. The monoisotopic (exact) mass is 656 g/mol. The molecule has 9 rings (SSSR count). The Morgan fingerprint density at radius 2 is 1.02 bits per heavy atom. The van der Waals surface area contributed by atoms with Crippen LogP contribution in [-0.2, 0) is 0 Å². The summed E-state index contributed by atoms with van der Waals surface area (Å²) >= 11 is 0. The van der Waals surface area contributed by atoms with Crippen molar-refractivity contribution in [1.82, 2.24) is 19.5 Å². The maximum absolute atomic E-state index is 5.38. The number of nitrogens with zero attached hydrogens (tertiary/aromatic N) is 3. The van der Waals surface area contributed by atoms with Gasteiger partial charge in [-0.15, -0.1) is 0 Å². The van der Waals surface area contributed by atoms with Crippen LogP contribution < -0.4 is 0 Å². The SMILES string of the molecule is Cc1ccccc1-c1c2nc(cc3ccc(cc4nc(cc5c(-c6ccccc6)c(-c6ccccc6C)c1n5-c1ccccc1C)C=C4)[nH]3)C=C2. The van der Waals surface area contributed by atoms with Gasteiger partial charge in [0.2, 0.25) is 0 Å². The van der Waals surface area contributed by atoms with Crippen LogP contribution in [0.25, 0.3) is 85.4 Å². The van der Waals surface area contributed by atoms with E-state index in [0.717, 1.165) is 78.3 Å². The number of rotatable bonds is 4. The van der Waals surface area contributed by atoms with E-state index in [1.54, 1.807) is 0 Å². The first kappa shape index (κ1) is 30.5. The molecule has 0 saturated heterocycles. The molecule has 244 valence electrons. The van der Waals surface area contributed by atoms with Crippen molar-refractivity contribution in [3.63, 3.8) is 0 Å². The van der Waals surface area contributed by atoms with Crippen LogP contribution in [0.15, 0.2) is 133 Å². The molecule has 51 heavy (non-hydrogen) atoms. The fourth-order valence-electron chi connectivity index (χ4n) is 7.49. The van der Waals surface area contributed by atoms with E-state index in [-0.39, 0.29) is 0 Å². The number of H-pyrrole nitrogens is 1. The van der Waals surface area contributed by atoms with E-state index in [2.05, 4.69) is 188 Å². The summed E-state index contributed by atoms with van der Waals surface area (Å²) in [6.07, 6.45) is 8.51. The van der Waals surface area contributed by atoms with Crippen LogP contribution in [0.4, 0.5) is 0 Å². The highest BCUT2D eigenvalue weighted by molar-refractivity contribution is 6.11. The Labute approximate surface area is 297 Å². The van der Waals surface area contributed by atoms with Crippen molar-refractivity contribution in [2.45, 2.75) is 20.8 Å². The highest BCUT2D eigenvalue weighted by atomic mass is 15.0. The van der Waals surface area contributed by atoms with E-state index in [0.29, 0.717) is 0 Å². The molecule has 7 aromatic rings. The molecule has 4 aromatic carbocycles. The lowest BCUT2D eigenvalue weighted by atomic mass is 9.90. The number of fused-ring (bicyclic) bond motifs is 8. The van der Waals surface area contributed by atoms with Crippen molar-refractivity contribution < 1.29 is 0 Å². The highest BCUT2D eigenvalue weighted by Gasteiger charge is 2.27. The molecular weight excluding hydrogens is 621 g/mol. The second kappa shape index (κ2) is 12.4. The van der Waals surface area contributed by atoms with Crippen LogP contribution in [0.2, 0.25) is 0 Å². The Balaban J connectivity index is 1.65. The largest absolute Gasteiger partial charge is 0.355 e. The van der Waals surface area contributed by atoms with Gasteiger partial charge in [0.15, 0.2) is 0 Å². The van der Waals surface area contributed by atoms with Crippen molar-refractivity contribution in [2.24, 2.45) is 0 Å². The topological polar surface area (TPSA) is 46.5 Å². The molecule has 0 atom stereocenters. The van der Waals surface area contributed by atoms with Gasteiger partial charge in [-0.2, -0.15) is 0 Å². The van der Waals surface area contributed by atoms with Crippen molar-refractivity contribution >= 4 is 46.4 Å². The smallest absolute Gasteiger partial charge is 0.0737 e. The van der Waals surface area contributed by atoms with E-state index in [9.17, 15) is 0 Å². The Morgan fingerprint density at radius 3 is 1.69 bits per heavy atom. The molecular formula is C47H36N4. The van der Waals surface area contributed by atoms with Crippen LogP contribution >= 0.6 is 0 Å². The predicted molar refractivity (Wildman–Crippen MR) is 214 cm³/mol. The van der Waals surface area contributed by atoms with Gasteiger partial charge in [0.25, 0.3) is 0 Å². The fraction of sp³-hybridized carbons (Fsp3) is 0.0638. The first-order chi connectivity index (χ1) is 25.0. The van der Waals surface area contributed by atoms with Crippen LogP contribution in [0, 0.1) is 20.8 Å². The standard InChI is InChI=1S/C47H36N4/c1-30-13-7-10-18-39(30)45-41-26-25-37(50-41)28-36-22-21-34(48-36)27-35-23-24-38(49-35)29-43-44(33-16-5-4-6-17-33)46(40-19-11-8-14-31(40)2)47(45)51(43)42-20-12-9-15-32(42)3/h4-29,48H,1-3H3. The van der Waals surface area contributed by atoms with Crippen molar-refractivity contribution in [2.75, 3.05) is 0 Å². The number of hydrogen-bond donors (Lipinski definition) is 1. The van der Waals surface area contributed by atoms with Crippen LogP contribution in [0.5, 0.6) is 0 Å². The van der Waals surface area contributed by atoms with E-state index in [4.69, 9.17) is 9.97 Å². The lowest BCUT2D eigenvalue weighted by Crippen LogP contribution is -2.00. The average molecular weight is 657 g/mol. The first-order valence-corrected chi connectivity index (χ1v) is 17.4. The number of hydrogen-bond acceptors (Lipinski definition) is 2. The Bertz CT molecular complexity index is 2720. The molecule has 0 fully saturated rings. The minimum absolute atomic E-state index is 0.894. The van der Waals surface area contributed by atoms with Crippen LogP contribution in [-0.4, -0.2) is 19.5 Å². The second-order valence-electron chi connectivity index (χ2n) is 13.3. The van der Waals surface area contributed by atoms with Gasteiger partial charge in [-0.3, -0.25) is 0 Å². The zero-order valence-electron chi connectivity index (χ0n) is 28.9. The minimum atomic E-state index is 0.894. The van der Waals surface area contributed by atoms with Gasteiger partial charge < -0.3 is 9.55 Å². The molecule has 0 spiro atoms. The Morgan fingerprint density at radius 1 is 0.471 bits per heavy atom. The van der Waals surface area contributed by atoms with Crippen LogP contribution in [0.1, 0.15) is 39.5 Å².